The molecule has 1 atom stereocenters. The van der Waals surface area contributed by atoms with Crippen molar-refractivity contribution in [3.05, 3.63) is 23.5 Å². The standard InChI is InChI=1S/C12H14N2O3/c1-8-3-4-10(9(7-15)13-8)17-11-5-6-14(2)12(11)16/h3-4,7,11H,5-6H2,1-2H3. The van der Waals surface area contributed by atoms with Crippen LogP contribution in [0.4, 0.5) is 0 Å². The van der Waals surface area contributed by atoms with E-state index in [0.29, 0.717) is 25.0 Å². The zero-order valence-corrected chi connectivity index (χ0v) is 9.84. The van der Waals surface area contributed by atoms with Crippen LogP contribution in [0.1, 0.15) is 22.6 Å². The van der Waals surface area contributed by atoms with E-state index in [1.807, 2.05) is 0 Å². The fraction of sp³-hybridized carbons (Fsp3) is 0.417. The third kappa shape index (κ3) is 2.27. The third-order valence-corrected chi connectivity index (χ3v) is 2.78. The number of pyridine rings is 1. The first-order chi connectivity index (χ1) is 8.11. The Kier molecular flexibility index (Phi) is 3.08. The Hall–Kier alpha value is -1.91. The number of ether oxygens (including phenoxy) is 1. The van der Waals surface area contributed by atoms with Crippen molar-refractivity contribution in [1.82, 2.24) is 9.88 Å². The molecule has 1 saturated heterocycles. The van der Waals surface area contributed by atoms with E-state index in [2.05, 4.69) is 4.98 Å². The van der Waals surface area contributed by atoms with E-state index in [-0.39, 0.29) is 11.6 Å². The second-order valence-corrected chi connectivity index (χ2v) is 4.11. The fourth-order valence-electron chi connectivity index (χ4n) is 1.80. The molecule has 17 heavy (non-hydrogen) atoms. The van der Waals surface area contributed by atoms with E-state index in [4.69, 9.17) is 4.74 Å². The summed E-state index contributed by atoms with van der Waals surface area (Å²) >= 11 is 0. The van der Waals surface area contributed by atoms with Crippen LogP contribution in [0.15, 0.2) is 12.1 Å². The number of nitrogens with zero attached hydrogens (tertiary/aromatic N) is 2. The number of carbonyl (C=O) groups excluding carboxylic acids is 2. The normalized spacial score (nSPS) is 19.5. The van der Waals surface area contributed by atoms with Crippen LogP contribution < -0.4 is 4.74 Å². The molecule has 1 amide bonds. The number of amides is 1. The van der Waals surface area contributed by atoms with Gasteiger partial charge in [-0.05, 0) is 19.1 Å². The van der Waals surface area contributed by atoms with Gasteiger partial charge >= 0.3 is 0 Å². The molecular formula is C12H14N2O3. The summed E-state index contributed by atoms with van der Waals surface area (Å²) in [6.45, 7) is 2.48. The smallest absolute Gasteiger partial charge is 0.263 e. The predicted molar refractivity (Wildman–Crippen MR) is 61.0 cm³/mol. The Labute approximate surface area is 99.4 Å². The van der Waals surface area contributed by atoms with Gasteiger partial charge in [0, 0.05) is 25.7 Å². The van der Waals surface area contributed by atoms with Gasteiger partial charge in [0.1, 0.15) is 11.4 Å². The minimum Gasteiger partial charge on any atom is -0.478 e. The van der Waals surface area contributed by atoms with Crippen molar-refractivity contribution >= 4 is 12.2 Å². The van der Waals surface area contributed by atoms with Crippen molar-refractivity contribution in [3.63, 3.8) is 0 Å². The Morgan fingerprint density at radius 3 is 2.88 bits per heavy atom. The molecule has 0 aromatic carbocycles. The summed E-state index contributed by atoms with van der Waals surface area (Å²) < 4.78 is 5.55. The van der Waals surface area contributed by atoms with Crippen molar-refractivity contribution in [1.29, 1.82) is 0 Å². The summed E-state index contributed by atoms with van der Waals surface area (Å²) in [4.78, 5) is 28.2. The molecule has 2 heterocycles. The summed E-state index contributed by atoms with van der Waals surface area (Å²) in [6.07, 6.45) is 0.788. The van der Waals surface area contributed by atoms with E-state index in [1.54, 1.807) is 31.0 Å². The second kappa shape index (κ2) is 4.53. The first-order valence-corrected chi connectivity index (χ1v) is 5.46. The lowest BCUT2D eigenvalue weighted by molar-refractivity contribution is -0.132. The van der Waals surface area contributed by atoms with Gasteiger partial charge < -0.3 is 9.64 Å². The van der Waals surface area contributed by atoms with Crippen LogP contribution in [-0.2, 0) is 4.79 Å². The summed E-state index contributed by atoms with van der Waals surface area (Å²) in [7, 11) is 1.74. The Bertz CT molecular complexity index is 459. The molecule has 0 bridgehead atoms. The number of likely N-dealkylation sites (N-methyl/N-ethyl adjacent to an activating group) is 1. The largest absolute Gasteiger partial charge is 0.478 e. The van der Waals surface area contributed by atoms with Crippen molar-refractivity contribution in [3.8, 4) is 5.75 Å². The number of aldehydes is 1. The minimum atomic E-state index is -0.497. The van der Waals surface area contributed by atoms with Gasteiger partial charge in [0.05, 0.1) is 0 Å². The number of rotatable bonds is 3. The molecular weight excluding hydrogens is 220 g/mol. The zero-order valence-electron chi connectivity index (χ0n) is 9.84. The van der Waals surface area contributed by atoms with Crippen molar-refractivity contribution in [2.45, 2.75) is 19.4 Å². The van der Waals surface area contributed by atoms with Crippen LogP contribution >= 0.6 is 0 Å². The van der Waals surface area contributed by atoms with Crippen LogP contribution in [0.2, 0.25) is 0 Å². The topological polar surface area (TPSA) is 59.5 Å². The van der Waals surface area contributed by atoms with Crippen molar-refractivity contribution in [2.75, 3.05) is 13.6 Å². The molecule has 0 N–H and O–H groups in total. The maximum absolute atomic E-state index is 11.7. The Balaban J connectivity index is 2.19. The molecule has 1 aliphatic heterocycles. The highest BCUT2D eigenvalue weighted by Crippen LogP contribution is 2.21. The quantitative estimate of drug-likeness (QED) is 0.726. The summed E-state index contributed by atoms with van der Waals surface area (Å²) in [5, 5.41) is 0. The van der Waals surface area contributed by atoms with Gasteiger partial charge in [-0.3, -0.25) is 9.59 Å². The third-order valence-electron chi connectivity index (χ3n) is 2.78. The van der Waals surface area contributed by atoms with Gasteiger partial charge in [0.15, 0.2) is 12.4 Å². The first kappa shape index (κ1) is 11.6. The summed E-state index contributed by atoms with van der Waals surface area (Å²) in [6, 6.07) is 3.43. The summed E-state index contributed by atoms with van der Waals surface area (Å²) in [5.74, 6) is 0.321. The monoisotopic (exact) mass is 234 g/mol. The highest BCUT2D eigenvalue weighted by atomic mass is 16.5. The SMILES string of the molecule is Cc1ccc(OC2CCN(C)C2=O)c(C=O)n1. The molecule has 0 spiro atoms. The second-order valence-electron chi connectivity index (χ2n) is 4.11. The molecule has 1 unspecified atom stereocenters. The maximum Gasteiger partial charge on any atom is 0.263 e. The lowest BCUT2D eigenvalue weighted by Crippen LogP contribution is -2.29. The molecule has 0 saturated carbocycles. The number of hydrogen-bond acceptors (Lipinski definition) is 4. The number of carbonyl (C=O) groups is 2. The molecule has 1 aromatic heterocycles. The average molecular weight is 234 g/mol. The molecule has 2 rings (SSSR count). The van der Waals surface area contributed by atoms with Crippen molar-refractivity contribution < 1.29 is 14.3 Å². The van der Waals surface area contributed by atoms with Gasteiger partial charge in [0.25, 0.3) is 5.91 Å². The lowest BCUT2D eigenvalue weighted by atomic mass is 10.2. The first-order valence-electron chi connectivity index (χ1n) is 5.46. The number of hydrogen-bond donors (Lipinski definition) is 0. The minimum absolute atomic E-state index is 0.0533. The molecule has 90 valence electrons. The van der Waals surface area contributed by atoms with Crippen LogP contribution in [0.25, 0.3) is 0 Å². The van der Waals surface area contributed by atoms with Crippen LogP contribution in [0, 0.1) is 6.92 Å². The average Bonchev–Trinajstić information content (AvgIpc) is 2.63. The van der Waals surface area contributed by atoms with E-state index in [1.165, 1.54) is 0 Å². The van der Waals surface area contributed by atoms with Gasteiger partial charge in [0.2, 0.25) is 0 Å². The van der Waals surface area contributed by atoms with E-state index in [0.717, 1.165) is 5.69 Å². The van der Waals surface area contributed by atoms with Crippen LogP contribution in [-0.4, -0.2) is 41.8 Å². The Morgan fingerprint density at radius 2 is 2.29 bits per heavy atom. The molecule has 1 aromatic rings. The number of aryl methyl sites for hydroxylation is 1. The predicted octanol–water partition coefficient (Wildman–Crippen LogP) is 0.812. The molecule has 1 fully saturated rings. The molecule has 5 nitrogen and oxygen atoms in total. The van der Waals surface area contributed by atoms with Gasteiger partial charge in [-0.25, -0.2) is 4.98 Å². The Morgan fingerprint density at radius 1 is 1.53 bits per heavy atom. The number of likely N-dealkylation sites (tertiary alicyclic amines) is 1. The fourth-order valence-corrected chi connectivity index (χ4v) is 1.80. The van der Waals surface area contributed by atoms with E-state index < -0.39 is 6.10 Å². The zero-order chi connectivity index (χ0) is 12.4. The van der Waals surface area contributed by atoms with Crippen LogP contribution in [0.5, 0.6) is 5.75 Å². The van der Waals surface area contributed by atoms with Gasteiger partial charge in [-0.15, -0.1) is 0 Å². The van der Waals surface area contributed by atoms with Gasteiger partial charge in [-0.2, -0.15) is 0 Å². The summed E-state index contributed by atoms with van der Waals surface area (Å²) in [5.41, 5.74) is 0.988. The van der Waals surface area contributed by atoms with E-state index >= 15 is 0 Å². The molecule has 1 aliphatic rings. The highest BCUT2D eigenvalue weighted by molar-refractivity contribution is 5.83. The maximum atomic E-state index is 11.7. The highest BCUT2D eigenvalue weighted by Gasteiger charge is 2.31. The van der Waals surface area contributed by atoms with Gasteiger partial charge in [-0.1, -0.05) is 0 Å². The lowest BCUT2D eigenvalue weighted by Gasteiger charge is -2.14. The molecule has 5 heteroatoms. The molecule has 0 aliphatic carbocycles. The molecule has 0 radical (unpaired) electrons. The van der Waals surface area contributed by atoms with Crippen molar-refractivity contribution in [2.24, 2.45) is 0 Å². The van der Waals surface area contributed by atoms with Crippen LogP contribution in [0.3, 0.4) is 0 Å². The number of aromatic nitrogens is 1. The van der Waals surface area contributed by atoms with E-state index in [9.17, 15) is 9.59 Å².